The fourth-order valence-electron chi connectivity index (χ4n) is 3.40. The Morgan fingerprint density at radius 2 is 1.90 bits per heavy atom. The summed E-state index contributed by atoms with van der Waals surface area (Å²) >= 11 is 10.3. The van der Waals surface area contributed by atoms with Gasteiger partial charge < -0.3 is 9.47 Å². The lowest BCUT2D eigenvalue weighted by Gasteiger charge is -2.32. The lowest BCUT2D eigenvalue weighted by Crippen LogP contribution is -2.22. The van der Waals surface area contributed by atoms with Gasteiger partial charge in [0, 0.05) is 15.9 Å². The predicted octanol–water partition coefficient (Wildman–Crippen LogP) is 5.37. The number of fused-ring (bicyclic) bond motifs is 1. The molecule has 1 aliphatic heterocycles. The molecule has 2 unspecified atom stereocenters. The van der Waals surface area contributed by atoms with Gasteiger partial charge in [0.25, 0.3) is 0 Å². The molecule has 1 aromatic carbocycles. The summed E-state index contributed by atoms with van der Waals surface area (Å²) in [6.07, 6.45) is 3.82. The summed E-state index contributed by atoms with van der Waals surface area (Å²) in [6.45, 7) is 5.90. The molecule has 2 aliphatic rings. The monoisotopic (exact) mass is 358 g/mol. The first-order valence-electron chi connectivity index (χ1n) is 7.22. The van der Waals surface area contributed by atoms with Gasteiger partial charge in [0.1, 0.15) is 13.2 Å². The van der Waals surface area contributed by atoms with Gasteiger partial charge in [0.2, 0.25) is 0 Å². The molecule has 0 aromatic heterocycles. The summed E-state index contributed by atoms with van der Waals surface area (Å²) in [5.74, 6) is 2.17. The number of ether oxygens (including phenoxy) is 2. The Balaban J connectivity index is 1.93. The van der Waals surface area contributed by atoms with E-state index in [1.54, 1.807) is 0 Å². The van der Waals surface area contributed by atoms with Gasteiger partial charge in [-0.25, -0.2) is 0 Å². The van der Waals surface area contributed by atoms with E-state index in [1.807, 2.05) is 12.1 Å². The van der Waals surface area contributed by atoms with E-state index >= 15 is 0 Å². The highest BCUT2D eigenvalue weighted by atomic mass is 79.9. The van der Waals surface area contributed by atoms with Gasteiger partial charge in [-0.05, 0) is 35.8 Å². The first-order chi connectivity index (χ1) is 9.49. The number of hydrogen-bond donors (Lipinski definition) is 0. The third-order valence-corrected chi connectivity index (χ3v) is 6.11. The lowest BCUT2D eigenvalue weighted by atomic mass is 9.78. The summed E-state index contributed by atoms with van der Waals surface area (Å²) in [5, 5.41) is 0.763. The van der Waals surface area contributed by atoms with Crippen LogP contribution >= 0.6 is 27.5 Å². The van der Waals surface area contributed by atoms with E-state index in [0.29, 0.717) is 24.5 Å². The molecule has 0 saturated heterocycles. The van der Waals surface area contributed by atoms with Crippen molar-refractivity contribution >= 4 is 27.5 Å². The molecule has 0 bridgehead atoms. The molecule has 0 radical (unpaired) electrons. The van der Waals surface area contributed by atoms with Crippen LogP contribution in [0.25, 0.3) is 0 Å². The fourth-order valence-corrected chi connectivity index (χ4v) is 5.17. The molecule has 1 heterocycles. The van der Waals surface area contributed by atoms with Gasteiger partial charge in [0.15, 0.2) is 11.5 Å². The fraction of sp³-hybridized carbons (Fsp3) is 0.625. The molecule has 110 valence electrons. The van der Waals surface area contributed by atoms with Crippen molar-refractivity contribution in [1.29, 1.82) is 0 Å². The van der Waals surface area contributed by atoms with E-state index in [0.717, 1.165) is 22.1 Å². The summed E-state index contributed by atoms with van der Waals surface area (Å²) in [6, 6.07) is 3.94. The van der Waals surface area contributed by atoms with Crippen LogP contribution in [-0.4, -0.2) is 13.2 Å². The first kappa shape index (κ1) is 14.5. The molecule has 1 saturated carbocycles. The number of rotatable bonds is 2. The van der Waals surface area contributed by atoms with Crippen molar-refractivity contribution < 1.29 is 9.47 Å². The van der Waals surface area contributed by atoms with Crippen LogP contribution in [0.4, 0.5) is 0 Å². The summed E-state index contributed by atoms with van der Waals surface area (Å²) in [5.41, 5.74) is 1.47. The largest absolute Gasteiger partial charge is 0.486 e. The molecule has 3 rings (SSSR count). The maximum atomic E-state index is 6.46. The minimum Gasteiger partial charge on any atom is -0.486 e. The maximum Gasteiger partial charge on any atom is 0.162 e. The van der Waals surface area contributed by atoms with Gasteiger partial charge in [-0.15, -0.1) is 0 Å². The highest BCUT2D eigenvalue weighted by Gasteiger charge is 2.40. The highest BCUT2D eigenvalue weighted by Crippen LogP contribution is 2.53. The quantitative estimate of drug-likeness (QED) is 0.661. The molecular formula is C16H20BrClO2. The van der Waals surface area contributed by atoms with Crippen LogP contribution in [-0.2, 0) is 0 Å². The van der Waals surface area contributed by atoms with E-state index in [9.17, 15) is 0 Å². The minimum absolute atomic E-state index is 0.267. The molecule has 2 atom stereocenters. The van der Waals surface area contributed by atoms with Gasteiger partial charge in [-0.3, -0.25) is 0 Å². The van der Waals surface area contributed by atoms with Crippen LogP contribution in [0, 0.1) is 11.3 Å². The minimum atomic E-state index is 0.267. The topological polar surface area (TPSA) is 18.5 Å². The van der Waals surface area contributed by atoms with E-state index < -0.39 is 0 Å². The molecule has 1 aromatic rings. The van der Waals surface area contributed by atoms with Crippen molar-refractivity contribution in [3.63, 3.8) is 0 Å². The first-order valence-corrected chi connectivity index (χ1v) is 8.51. The summed E-state index contributed by atoms with van der Waals surface area (Å²) in [4.78, 5) is 0.267. The van der Waals surface area contributed by atoms with Crippen molar-refractivity contribution in [3.8, 4) is 11.5 Å². The van der Waals surface area contributed by atoms with Crippen molar-refractivity contribution in [2.24, 2.45) is 11.3 Å². The second-order valence-electron chi connectivity index (χ2n) is 6.41. The van der Waals surface area contributed by atoms with Crippen LogP contribution in [0.15, 0.2) is 12.1 Å². The third-order valence-electron chi connectivity index (χ3n) is 4.65. The number of hydrogen-bond acceptors (Lipinski definition) is 2. The normalized spacial score (nSPS) is 25.5. The molecule has 2 nitrogen and oxygen atoms in total. The standard InChI is InChI=1S/C16H20BrClO2/c1-16(2)5-3-4-11(16)15(17)10-8-13-14(9-12(10)18)20-7-6-19-13/h8-9,11,15H,3-7H2,1-2H3. The predicted molar refractivity (Wildman–Crippen MR) is 85.2 cm³/mol. The average molecular weight is 360 g/mol. The lowest BCUT2D eigenvalue weighted by molar-refractivity contribution is 0.171. The van der Waals surface area contributed by atoms with Crippen LogP contribution in [0.2, 0.25) is 5.02 Å². The highest BCUT2D eigenvalue weighted by molar-refractivity contribution is 9.09. The Kier molecular flexibility index (Phi) is 3.93. The van der Waals surface area contributed by atoms with E-state index in [4.69, 9.17) is 21.1 Å². The maximum absolute atomic E-state index is 6.46. The van der Waals surface area contributed by atoms with Gasteiger partial charge in [0.05, 0.1) is 0 Å². The van der Waals surface area contributed by atoms with Crippen LogP contribution in [0.5, 0.6) is 11.5 Å². The van der Waals surface area contributed by atoms with E-state index in [2.05, 4.69) is 29.8 Å². The number of halogens is 2. The molecular weight excluding hydrogens is 340 g/mol. The average Bonchev–Trinajstić information content (AvgIpc) is 2.77. The van der Waals surface area contributed by atoms with Gasteiger partial charge in [-0.1, -0.05) is 47.8 Å². The molecule has 20 heavy (non-hydrogen) atoms. The molecule has 0 amide bonds. The van der Waals surface area contributed by atoms with Crippen molar-refractivity contribution in [1.82, 2.24) is 0 Å². The Morgan fingerprint density at radius 3 is 2.50 bits per heavy atom. The van der Waals surface area contributed by atoms with Gasteiger partial charge in [-0.2, -0.15) is 0 Å². The summed E-state index contributed by atoms with van der Waals surface area (Å²) < 4.78 is 11.3. The van der Waals surface area contributed by atoms with Crippen LogP contribution in [0.3, 0.4) is 0 Å². The second kappa shape index (κ2) is 5.42. The summed E-state index contributed by atoms with van der Waals surface area (Å²) in [7, 11) is 0. The smallest absolute Gasteiger partial charge is 0.162 e. The van der Waals surface area contributed by atoms with Crippen LogP contribution < -0.4 is 9.47 Å². The number of benzene rings is 1. The zero-order valence-corrected chi connectivity index (χ0v) is 14.3. The number of alkyl halides is 1. The zero-order chi connectivity index (χ0) is 14.3. The zero-order valence-electron chi connectivity index (χ0n) is 11.9. The molecule has 1 fully saturated rings. The Hall–Kier alpha value is -0.410. The third kappa shape index (κ3) is 2.55. The molecule has 0 spiro atoms. The molecule has 4 heteroatoms. The van der Waals surface area contributed by atoms with Gasteiger partial charge >= 0.3 is 0 Å². The molecule has 0 N–H and O–H groups in total. The van der Waals surface area contributed by atoms with E-state index in [-0.39, 0.29) is 4.83 Å². The molecule has 1 aliphatic carbocycles. The SMILES string of the molecule is CC1(C)CCCC1C(Br)c1cc2c(cc1Cl)OCCO2. The van der Waals surface area contributed by atoms with Crippen molar-refractivity contribution in [3.05, 3.63) is 22.7 Å². The van der Waals surface area contributed by atoms with Crippen LogP contribution in [0.1, 0.15) is 43.5 Å². The Bertz CT molecular complexity index is 515. The van der Waals surface area contributed by atoms with Crippen molar-refractivity contribution in [2.45, 2.75) is 37.9 Å². The van der Waals surface area contributed by atoms with Crippen molar-refractivity contribution in [2.75, 3.05) is 13.2 Å². The Labute approximate surface area is 133 Å². The second-order valence-corrected chi connectivity index (χ2v) is 7.80. The Morgan fingerprint density at radius 1 is 1.25 bits per heavy atom. The van der Waals surface area contributed by atoms with E-state index in [1.165, 1.54) is 19.3 Å².